The predicted molar refractivity (Wildman–Crippen MR) is 109 cm³/mol. The maximum absolute atomic E-state index is 4.37. The summed E-state index contributed by atoms with van der Waals surface area (Å²) in [6.07, 6.45) is 15.0. The molecule has 2 rings (SSSR count). The van der Waals surface area contributed by atoms with Gasteiger partial charge in [-0.1, -0.05) is 0 Å². The first-order chi connectivity index (χ1) is 11.2. The van der Waals surface area contributed by atoms with Crippen LogP contribution in [0, 0.1) is 0 Å². The third kappa shape index (κ3) is 4.28. The van der Waals surface area contributed by atoms with Crippen LogP contribution in [0.2, 0.25) is 13.3 Å². The van der Waals surface area contributed by atoms with Crippen LogP contribution in [-0.4, -0.2) is 36.3 Å². The quantitative estimate of drug-likeness (QED) is 0.354. The Morgan fingerprint density at radius 2 is 1.70 bits per heavy atom. The van der Waals surface area contributed by atoms with Gasteiger partial charge in [0, 0.05) is 0 Å². The zero-order chi connectivity index (χ0) is 16.8. The van der Waals surface area contributed by atoms with E-state index in [1.165, 1.54) is 50.1 Å². The molecule has 1 unspecified atom stereocenters. The number of nitrogens with zero attached hydrogens (tertiary/aromatic N) is 2. The third-order valence-electron chi connectivity index (χ3n) is 5.49. The van der Waals surface area contributed by atoms with Gasteiger partial charge in [0.2, 0.25) is 0 Å². The van der Waals surface area contributed by atoms with Gasteiger partial charge in [0.15, 0.2) is 0 Å². The molecule has 0 fully saturated rings. The van der Waals surface area contributed by atoms with Gasteiger partial charge in [0.1, 0.15) is 0 Å². The molecular formula is C18H34N2S2Sn. The fourth-order valence-electron chi connectivity index (χ4n) is 4.03. The molecular weight excluding hydrogens is 427 g/mol. The molecule has 132 valence electrons. The van der Waals surface area contributed by atoms with Crippen molar-refractivity contribution in [3.05, 3.63) is 12.5 Å². The molecule has 1 aliphatic rings. The topological polar surface area (TPSA) is 17.8 Å². The molecule has 0 spiro atoms. The molecule has 0 bridgehead atoms. The fraction of sp³-hybridized carbons (Fsp3) is 0.833. The van der Waals surface area contributed by atoms with E-state index in [9.17, 15) is 0 Å². The first-order valence-electron chi connectivity index (χ1n) is 9.41. The van der Waals surface area contributed by atoms with Gasteiger partial charge in [-0.2, -0.15) is 0 Å². The summed E-state index contributed by atoms with van der Waals surface area (Å²) in [5.41, 5.74) is 0. The Hall–Kier alpha value is 0.709. The van der Waals surface area contributed by atoms with E-state index in [1.807, 2.05) is 0 Å². The monoisotopic (exact) mass is 462 g/mol. The first kappa shape index (κ1) is 20.0. The number of hydrogen-bond donors (Lipinski definition) is 0. The molecule has 1 atom stereocenters. The molecule has 1 aromatic rings. The van der Waals surface area contributed by atoms with Gasteiger partial charge in [0.25, 0.3) is 0 Å². The van der Waals surface area contributed by atoms with Crippen molar-refractivity contribution in [3.63, 3.8) is 0 Å². The molecule has 2 heterocycles. The number of imidazole rings is 1. The van der Waals surface area contributed by atoms with Crippen LogP contribution in [0.3, 0.4) is 0 Å². The molecule has 2 nitrogen and oxygen atoms in total. The second-order valence-corrected chi connectivity index (χ2v) is 25.8. The molecule has 5 heteroatoms. The summed E-state index contributed by atoms with van der Waals surface area (Å²) < 4.78 is 7.73. The summed E-state index contributed by atoms with van der Waals surface area (Å²) in [7, 11) is 0. The molecule has 0 radical (unpaired) electrons. The summed E-state index contributed by atoms with van der Waals surface area (Å²) in [5.74, 6) is 0. The van der Waals surface area contributed by atoms with Crippen LogP contribution < -0.4 is 0 Å². The third-order valence-corrected chi connectivity index (χ3v) is 32.7. The van der Waals surface area contributed by atoms with Crippen molar-refractivity contribution in [1.82, 2.24) is 9.55 Å². The maximum atomic E-state index is 4.37. The van der Waals surface area contributed by atoms with Crippen LogP contribution in [0.5, 0.6) is 0 Å². The number of hydrogen-bond acceptors (Lipinski definition) is 3. The van der Waals surface area contributed by atoms with E-state index in [0.717, 1.165) is 0 Å². The number of aromatic nitrogens is 2. The predicted octanol–water partition coefficient (Wildman–Crippen LogP) is 6.44. The van der Waals surface area contributed by atoms with Crippen molar-refractivity contribution >= 4 is 41.9 Å². The fourth-order valence-corrected chi connectivity index (χ4v) is 32.7. The summed E-state index contributed by atoms with van der Waals surface area (Å²) in [5, 5.41) is 1.42. The van der Waals surface area contributed by atoms with Crippen LogP contribution in [0.25, 0.3) is 0 Å². The molecule has 0 saturated heterocycles. The number of thioether (sulfide) groups is 2. The Morgan fingerprint density at radius 3 is 2.13 bits per heavy atom. The molecule has 0 N–H and O–H groups in total. The Kier molecular flexibility index (Phi) is 8.20. The molecule has 0 saturated carbocycles. The minimum absolute atomic E-state index is 0.506. The molecule has 0 aromatic carbocycles. The van der Waals surface area contributed by atoms with E-state index in [1.54, 1.807) is 13.3 Å². The summed E-state index contributed by atoms with van der Waals surface area (Å²) >= 11 is 2.12. The summed E-state index contributed by atoms with van der Waals surface area (Å²) in [4.78, 5) is 4.37. The number of fused-ring (bicyclic) bond motifs is 1. The van der Waals surface area contributed by atoms with Gasteiger partial charge in [-0.25, -0.2) is 0 Å². The van der Waals surface area contributed by atoms with Gasteiger partial charge in [-0.3, -0.25) is 0 Å². The van der Waals surface area contributed by atoms with Crippen molar-refractivity contribution in [2.45, 2.75) is 86.3 Å². The van der Waals surface area contributed by atoms with Gasteiger partial charge >= 0.3 is 157 Å². The van der Waals surface area contributed by atoms with E-state index in [2.05, 4.69) is 72.6 Å². The van der Waals surface area contributed by atoms with Crippen LogP contribution in [0.15, 0.2) is 17.6 Å². The van der Waals surface area contributed by atoms with Crippen molar-refractivity contribution in [2.75, 3.05) is 6.26 Å². The standard InChI is InChI=1S/C6H7N2S2.3C4H9.Sn/c1-9-6-3-8-4-7-2-5(8)10-6;3*1-3-4-2;/h2,4H,3H2,1H3;3*1,3-4H2,2H3;. The minimum atomic E-state index is -2.29. The zero-order valence-electron chi connectivity index (χ0n) is 15.4. The molecule has 0 aliphatic carbocycles. The van der Waals surface area contributed by atoms with E-state index < -0.39 is 18.4 Å². The second-order valence-electron chi connectivity index (χ2n) is 7.01. The van der Waals surface area contributed by atoms with Crippen molar-refractivity contribution in [1.29, 1.82) is 0 Å². The van der Waals surface area contributed by atoms with E-state index in [4.69, 9.17) is 0 Å². The van der Waals surface area contributed by atoms with Gasteiger partial charge in [-0.05, 0) is 0 Å². The van der Waals surface area contributed by atoms with Crippen LogP contribution >= 0.6 is 23.5 Å². The molecule has 0 amide bonds. The van der Waals surface area contributed by atoms with E-state index in [0.29, 0.717) is 2.09 Å². The first-order valence-corrected chi connectivity index (χ1v) is 18.9. The molecule has 23 heavy (non-hydrogen) atoms. The zero-order valence-corrected chi connectivity index (χ0v) is 19.9. The molecule has 1 aliphatic heterocycles. The Balaban J connectivity index is 2.32. The number of unbranched alkanes of at least 4 members (excludes halogenated alkanes) is 3. The van der Waals surface area contributed by atoms with Gasteiger partial charge in [-0.15, -0.1) is 0 Å². The van der Waals surface area contributed by atoms with Gasteiger partial charge in [0.05, 0.1) is 0 Å². The number of rotatable bonds is 11. The Bertz CT molecular complexity index is 433. The second kappa shape index (κ2) is 9.42. The average molecular weight is 461 g/mol. The average Bonchev–Trinajstić information content (AvgIpc) is 3.14. The summed E-state index contributed by atoms with van der Waals surface area (Å²) in [6.45, 7) is 8.34. The Morgan fingerprint density at radius 1 is 1.13 bits per heavy atom. The molecule has 1 aromatic heterocycles. The van der Waals surface area contributed by atoms with Crippen molar-refractivity contribution in [2.24, 2.45) is 0 Å². The van der Waals surface area contributed by atoms with Crippen LogP contribution in [0.1, 0.15) is 59.3 Å². The normalized spacial score (nSPS) is 20.9. The van der Waals surface area contributed by atoms with Crippen molar-refractivity contribution in [3.8, 4) is 0 Å². The van der Waals surface area contributed by atoms with E-state index in [-0.39, 0.29) is 0 Å². The summed E-state index contributed by atoms with van der Waals surface area (Å²) in [6, 6.07) is 0. The van der Waals surface area contributed by atoms with Crippen LogP contribution in [0.4, 0.5) is 0 Å². The van der Waals surface area contributed by atoms with Crippen molar-refractivity contribution < 1.29 is 0 Å². The van der Waals surface area contributed by atoms with E-state index >= 15 is 0 Å². The van der Waals surface area contributed by atoms with Gasteiger partial charge < -0.3 is 0 Å². The SMILES string of the molecule is CCC[CH2][Sn]([CH2]CCC)([CH2]CCC)[C]1(SC)Cn2cncc2S1. The Labute approximate surface area is 155 Å². The van der Waals surface area contributed by atoms with Crippen LogP contribution in [-0.2, 0) is 6.54 Å².